The molecule has 0 aromatic rings. The van der Waals surface area contributed by atoms with Gasteiger partial charge in [0.05, 0.1) is 6.26 Å². The zero-order valence-corrected chi connectivity index (χ0v) is 4.78. The van der Waals surface area contributed by atoms with Crippen molar-refractivity contribution >= 4 is 6.21 Å². The van der Waals surface area contributed by atoms with Crippen molar-refractivity contribution in [2.45, 2.75) is 0 Å². The van der Waals surface area contributed by atoms with Crippen molar-refractivity contribution < 1.29 is 5.11 Å². The van der Waals surface area contributed by atoms with E-state index in [2.05, 4.69) is 4.99 Å². The van der Waals surface area contributed by atoms with E-state index in [1.54, 1.807) is 25.4 Å². The topological polar surface area (TPSA) is 32.6 Å². The molecule has 0 aromatic carbocycles. The molecule has 2 heteroatoms. The van der Waals surface area contributed by atoms with Gasteiger partial charge >= 0.3 is 0 Å². The molecular formula is C6H9NO. The molecule has 0 aliphatic carbocycles. The molecule has 0 saturated carbocycles. The van der Waals surface area contributed by atoms with Gasteiger partial charge in [0.2, 0.25) is 0 Å². The molecule has 44 valence electrons. The van der Waals surface area contributed by atoms with E-state index in [4.69, 9.17) is 5.11 Å². The summed E-state index contributed by atoms with van der Waals surface area (Å²) in [6.45, 7) is 0. The van der Waals surface area contributed by atoms with Crippen molar-refractivity contribution in [3.8, 4) is 0 Å². The molecule has 0 aliphatic heterocycles. The minimum atomic E-state index is 0.972. The van der Waals surface area contributed by atoms with Crippen LogP contribution < -0.4 is 0 Å². The van der Waals surface area contributed by atoms with Gasteiger partial charge in [0.15, 0.2) is 0 Å². The van der Waals surface area contributed by atoms with Gasteiger partial charge in [-0.2, -0.15) is 0 Å². The number of rotatable bonds is 2. The third kappa shape index (κ3) is 4.95. The first-order chi connectivity index (χ1) is 3.91. The fraction of sp³-hybridized carbons (Fsp3) is 0.167. The predicted molar refractivity (Wildman–Crippen MR) is 35.3 cm³/mol. The molecule has 0 spiro atoms. The van der Waals surface area contributed by atoms with Crippen LogP contribution in [0.25, 0.3) is 0 Å². The SMILES string of the molecule is C/N=C/C=C\C=C/O. The summed E-state index contributed by atoms with van der Waals surface area (Å²) < 4.78 is 0. The molecule has 0 bridgehead atoms. The van der Waals surface area contributed by atoms with Crippen LogP contribution in [-0.4, -0.2) is 18.4 Å². The van der Waals surface area contributed by atoms with Crippen molar-refractivity contribution in [2.24, 2.45) is 4.99 Å². The zero-order chi connectivity index (χ0) is 6.24. The first-order valence-corrected chi connectivity index (χ1v) is 2.30. The number of aliphatic hydroxyl groups is 1. The van der Waals surface area contributed by atoms with Gasteiger partial charge in [-0.05, 0) is 12.2 Å². The van der Waals surface area contributed by atoms with Crippen LogP contribution in [-0.2, 0) is 0 Å². The van der Waals surface area contributed by atoms with E-state index >= 15 is 0 Å². The Morgan fingerprint density at radius 1 is 1.25 bits per heavy atom. The lowest BCUT2D eigenvalue weighted by Gasteiger charge is -1.68. The smallest absolute Gasteiger partial charge is 0.0791 e. The average Bonchev–Trinajstić information content (AvgIpc) is 1.81. The van der Waals surface area contributed by atoms with Crippen LogP contribution in [0.5, 0.6) is 0 Å². The highest BCUT2D eigenvalue weighted by Gasteiger charge is 1.56. The summed E-state index contributed by atoms with van der Waals surface area (Å²) in [4.78, 5) is 3.68. The van der Waals surface area contributed by atoms with E-state index in [1.165, 1.54) is 6.08 Å². The highest BCUT2D eigenvalue weighted by Crippen LogP contribution is 1.70. The summed E-state index contributed by atoms with van der Waals surface area (Å²) in [6.07, 6.45) is 7.54. The normalized spacial score (nSPS) is 12.6. The lowest BCUT2D eigenvalue weighted by molar-refractivity contribution is 0.474. The van der Waals surface area contributed by atoms with E-state index in [-0.39, 0.29) is 0 Å². The van der Waals surface area contributed by atoms with Crippen molar-refractivity contribution in [1.82, 2.24) is 0 Å². The monoisotopic (exact) mass is 111 g/mol. The van der Waals surface area contributed by atoms with Gasteiger partial charge in [0, 0.05) is 13.3 Å². The minimum absolute atomic E-state index is 0.972. The largest absolute Gasteiger partial charge is 0.516 e. The summed E-state index contributed by atoms with van der Waals surface area (Å²) >= 11 is 0. The Labute approximate surface area is 48.9 Å². The molecule has 0 saturated heterocycles. The second-order valence-electron chi connectivity index (χ2n) is 1.13. The molecule has 0 atom stereocenters. The fourth-order valence-corrected chi connectivity index (χ4v) is 0.250. The van der Waals surface area contributed by atoms with E-state index in [9.17, 15) is 0 Å². The first-order valence-electron chi connectivity index (χ1n) is 2.30. The molecule has 0 heterocycles. The lowest BCUT2D eigenvalue weighted by atomic mass is 10.5. The maximum absolute atomic E-state index is 8.09. The fourth-order valence-electron chi connectivity index (χ4n) is 0.250. The third-order valence-corrected chi connectivity index (χ3v) is 0.543. The number of aliphatic hydroxyl groups excluding tert-OH is 1. The summed E-state index contributed by atoms with van der Waals surface area (Å²) in [5, 5.41) is 8.09. The Morgan fingerprint density at radius 3 is 2.50 bits per heavy atom. The maximum Gasteiger partial charge on any atom is 0.0791 e. The lowest BCUT2D eigenvalue weighted by Crippen LogP contribution is -1.59. The van der Waals surface area contributed by atoms with Crippen molar-refractivity contribution in [2.75, 3.05) is 7.05 Å². The standard InChI is InChI=1S/C6H9NO/c1-7-5-3-2-4-6-8/h2-6,8H,1H3/b3-2-,6-4-,7-5+. The molecule has 0 unspecified atom stereocenters. The second-order valence-corrected chi connectivity index (χ2v) is 1.13. The molecule has 0 rings (SSSR count). The molecule has 0 aromatic heterocycles. The summed E-state index contributed by atoms with van der Waals surface area (Å²) in [6, 6.07) is 0. The van der Waals surface area contributed by atoms with Gasteiger partial charge in [0.1, 0.15) is 0 Å². The van der Waals surface area contributed by atoms with Gasteiger partial charge in [-0.3, -0.25) is 4.99 Å². The zero-order valence-electron chi connectivity index (χ0n) is 4.78. The van der Waals surface area contributed by atoms with Gasteiger partial charge in [0.25, 0.3) is 0 Å². The molecule has 0 fully saturated rings. The average molecular weight is 111 g/mol. The molecule has 2 nitrogen and oxygen atoms in total. The van der Waals surface area contributed by atoms with Crippen molar-refractivity contribution in [3.05, 3.63) is 24.5 Å². The number of hydrogen-bond acceptors (Lipinski definition) is 2. The Kier molecular flexibility index (Phi) is 5.17. The molecular weight excluding hydrogens is 102 g/mol. The molecule has 1 N–H and O–H groups in total. The Bertz CT molecular complexity index is 99.7. The van der Waals surface area contributed by atoms with E-state index < -0.39 is 0 Å². The van der Waals surface area contributed by atoms with E-state index in [1.807, 2.05) is 0 Å². The van der Waals surface area contributed by atoms with Gasteiger partial charge in [-0.25, -0.2) is 0 Å². The molecule has 0 amide bonds. The van der Waals surface area contributed by atoms with E-state index in [0.717, 1.165) is 6.26 Å². The van der Waals surface area contributed by atoms with Crippen LogP contribution in [0.3, 0.4) is 0 Å². The second kappa shape index (κ2) is 5.95. The van der Waals surface area contributed by atoms with Crippen LogP contribution in [0.2, 0.25) is 0 Å². The van der Waals surface area contributed by atoms with E-state index in [0.29, 0.717) is 0 Å². The molecule has 0 aliphatic rings. The molecule has 8 heavy (non-hydrogen) atoms. The van der Waals surface area contributed by atoms with Crippen LogP contribution >= 0.6 is 0 Å². The minimum Gasteiger partial charge on any atom is -0.516 e. The number of allylic oxidation sites excluding steroid dienone is 3. The Hall–Kier alpha value is -1.05. The first kappa shape index (κ1) is 6.95. The van der Waals surface area contributed by atoms with Crippen molar-refractivity contribution in [1.29, 1.82) is 0 Å². The van der Waals surface area contributed by atoms with Crippen LogP contribution in [0.4, 0.5) is 0 Å². The van der Waals surface area contributed by atoms with Gasteiger partial charge in [-0.15, -0.1) is 0 Å². The summed E-state index contributed by atoms with van der Waals surface area (Å²) in [7, 11) is 1.69. The highest BCUT2D eigenvalue weighted by atomic mass is 16.2. The highest BCUT2D eigenvalue weighted by molar-refractivity contribution is 5.71. The van der Waals surface area contributed by atoms with Gasteiger partial charge in [-0.1, -0.05) is 6.08 Å². The summed E-state index contributed by atoms with van der Waals surface area (Å²) in [5.74, 6) is 0. The quantitative estimate of drug-likeness (QED) is 0.325. The van der Waals surface area contributed by atoms with Crippen molar-refractivity contribution in [3.63, 3.8) is 0 Å². The number of hydrogen-bond donors (Lipinski definition) is 1. The Morgan fingerprint density at radius 2 is 2.00 bits per heavy atom. The van der Waals surface area contributed by atoms with Gasteiger partial charge < -0.3 is 5.11 Å². The molecule has 0 radical (unpaired) electrons. The van der Waals surface area contributed by atoms with Crippen LogP contribution in [0.15, 0.2) is 29.5 Å². The number of nitrogens with zero attached hydrogens (tertiary/aromatic N) is 1. The maximum atomic E-state index is 8.09. The van der Waals surface area contributed by atoms with Crippen LogP contribution in [0.1, 0.15) is 0 Å². The third-order valence-electron chi connectivity index (χ3n) is 0.543. The summed E-state index contributed by atoms with van der Waals surface area (Å²) in [5.41, 5.74) is 0. The number of aliphatic imine (C=N–C) groups is 1. The Balaban J connectivity index is 3.35. The predicted octanol–water partition coefficient (Wildman–Crippen LogP) is 1.31. The van der Waals surface area contributed by atoms with Crippen LogP contribution in [0, 0.1) is 0 Å².